The van der Waals surface area contributed by atoms with Crippen LogP contribution in [-0.4, -0.2) is 31.1 Å². The summed E-state index contributed by atoms with van der Waals surface area (Å²) in [6.07, 6.45) is 1.20. The first-order valence-electron chi connectivity index (χ1n) is 6.41. The fourth-order valence-electron chi connectivity index (χ4n) is 2.48. The van der Waals surface area contributed by atoms with Gasteiger partial charge in [-0.3, -0.25) is 4.90 Å². The normalized spacial score (nSPS) is 21.4. The third-order valence-electron chi connectivity index (χ3n) is 3.64. The Morgan fingerprint density at radius 2 is 2.18 bits per heavy atom. The summed E-state index contributed by atoms with van der Waals surface area (Å²) in [5.74, 6) is 0.657. The molecule has 2 heterocycles. The van der Waals surface area contributed by atoms with Gasteiger partial charge in [0.25, 0.3) is 0 Å². The van der Waals surface area contributed by atoms with Crippen molar-refractivity contribution >= 4 is 22.9 Å². The van der Waals surface area contributed by atoms with Crippen LogP contribution >= 0.6 is 22.9 Å². The molecule has 96 valence electrons. The molecule has 1 aliphatic rings. The Labute approximate surface area is 113 Å². The summed E-state index contributed by atoms with van der Waals surface area (Å²) in [6, 6.07) is 2.52. The molecular formula is C13H21ClN2S. The van der Waals surface area contributed by atoms with E-state index in [2.05, 4.69) is 29.4 Å². The molecule has 0 aromatic carbocycles. The van der Waals surface area contributed by atoms with E-state index in [4.69, 9.17) is 11.6 Å². The van der Waals surface area contributed by atoms with Crippen LogP contribution in [0.1, 0.15) is 31.2 Å². The van der Waals surface area contributed by atoms with E-state index < -0.39 is 0 Å². The molecule has 4 heteroatoms. The SMILES string of the molecule is CCC(C)[C@H](c1sccc1Cl)N1CCNCC1. The van der Waals surface area contributed by atoms with Crippen LogP contribution in [0, 0.1) is 5.92 Å². The van der Waals surface area contributed by atoms with Crippen molar-refractivity contribution in [2.75, 3.05) is 26.2 Å². The average Bonchev–Trinajstić information content (AvgIpc) is 2.77. The van der Waals surface area contributed by atoms with Gasteiger partial charge in [0.05, 0.1) is 5.02 Å². The summed E-state index contributed by atoms with van der Waals surface area (Å²) >= 11 is 8.12. The standard InChI is InChI=1S/C13H21ClN2S/c1-3-10(2)12(13-11(14)4-9-17-13)16-7-5-15-6-8-16/h4,9-10,12,15H,3,5-8H2,1-2H3/t10?,12-/m1/s1. The maximum absolute atomic E-state index is 6.32. The molecule has 1 aromatic heterocycles. The summed E-state index contributed by atoms with van der Waals surface area (Å²) in [4.78, 5) is 3.94. The molecule has 0 amide bonds. The number of hydrogen-bond donors (Lipinski definition) is 1. The van der Waals surface area contributed by atoms with Gasteiger partial charge in [-0.1, -0.05) is 31.9 Å². The van der Waals surface area contributed by atoms with Crippen LogP contribution in [-0.2, 0) is 0 Å². The smallest absolute Gasteiger partial charge is 0.0561 e. The number of nitrogens with zero attached hydrogens (tertiary/aromatic N) is 1. The Morgan fingerprint density at radius 1 is 1.47 bits per heavy atom. The van der Waals surface area contributed by atoms with E-state index in [-0.39, 0.29) is 0 Å². The molecule has 2 rings (SSSR count). The monoisotopic (exact) mass is 272 g/mol. The van der Waals surface area contributed by atoms with Crippen molar-refractivity contribution < 1.29 is 0 Å². The van der Waals surface area contributed by atoms with Crippen LogP contribution in [0.25, 0.3) is 0 Å². The quantitative estimate of drug-likeness (QED) is 0.904. The molecule has 1 aromatic rings. The fraction of sp³-hybridized carbons (Fsp3) is 0.692. The van der Waals surface area contributed by atoms with Crippen LogP contribution in [0.5, 0.6) is 0 Å². The maximum atomic E-state index is 6.32. The van der Waals surface area contributed by atoms with Crippen molar-refractivity contribution in [1.29, 1.82) is 0 Å². The summed E-state index contributed by atoms with van der Waals surface area (Å²) in [5.41, 5.74) is 0. The number of rotatable bonds is 4. The first kappa shape index (κ1) is 13.3. The molecule has 1 saturated heterocycles. The molecule has 2 nitrogen and oxygen atoms in total. The molecule has 0 aliphatic carbocycles. The zero-order valence-electron chi connectivity index (χ0n) is 10.6. The predicted octanol–water partition coefficient (Wildman–Crippen LogP) is 3.39. The molecule has 1 aliphatic heterocycles. The summed E-state index contributed by atoms with van der Waals surface area (Å²) in [6.45, 7) is 9.04. The van der Waals surface area contributed by atoms with E-state index in [0.29, 0.717) is 12.0 Å². The molecule has 1 N–H and O–H groups in total. The Hall–Kier alpha value is -0.0900. The number of halogens is 1. The molecule has 0 bridgehead atoms. The number of piperazine rings is 1. The van der Waals surface area contributed by atoms with Gasteiger partial charge in [-0.25, -0.2) is 0 Å². The molecule has 0 spiro atoms. The largest absolute Gasteiger partial charge is 0.314 e. The highest BCUT2D eigenvalue weighted by atomic mass is 35.5. The predicted molar refractivity (Wildman–Crippen MR) is 76.0 cm³/mol. The van der Waals surface area contributed by atoms with E-state index >= 15 is 0 Å². The summed E-state index contributed by atoms with van der Waals surface area (Å²) < 4.78 is 0. The minimum absolute atomic E-state index is 0.495. The van der Waals surface area contributed by atoms with Crippen LogP contribution in [0.4, 0.5) is 0 Å². The Kier molecular flexibility index (Phi) is 4.86. The van der Waals surface area contributed by atoms with Crippen molar-refractivity contribution in [1.82, 2.24) is 10.2 Å². The summed E-state index contributed by atoms with van der Waals surface area (Å²) in [5, 5.41) is 6.46. The van der Waals surface area contributed by atoms with Gasteiger partial charge in [0.1, 0.15) is 0 Å². The molecular weight excluding hydrogens is 252 g/mol. The molecule has 1 unspecified atom stereocenters. The summed E-state index contributed by atoms with van der Waals surface area (Å²) in [7, 11) is 0. The molecule has 17 heavy (non-hydrogen) atoms. The number of hydrogen-bond acceptors (Lipinski definition) is 3. The van der Waals surface area contributed by atoms with E-state index in [1.807, 2.05) is 6.07 Å². The molecule has 1 fully saturated rings. The molecule has 0 saturated carbocycles. The van der Waals surface area contributed by atoms with Crippen molar-refractivity contribution in [2.45, 2.75) is 26.3 Å². The van der Waals surface area contributed by atoms with Crippen LogP contribution in [0.3, 0.4) is 0 Å². The van der Waals surface area contributed by atoms with Gasteiger partial charge in [0.2, 0.25) is 0 Å². The van der Waals surface area contributed by atoms with Gasteiger partial charge in [-0.05, 0) is 17.4 Å². The zero-order valence-corrected chi connectivity index (χ0v) is 12.2. The fourth-order valence-corrected chi connectivity index (χ4v) is 3.92. The van der Waals surface area contributed by atoms with Gasteiger partial charge in [-0.2, -0.15) is 0 Å². The second-order valence-corrected chi connectivity index (χ2v) is 6.10. The van der Waals surface area contributed by atoms with Gasteiger partial charge in [-0.15, -0.1) is 11.3 Å². The van der Waals surface area contributed by atoms with E-state index in [1.165, 1.54) is 11.3 Å². The first-order valence-corrected chi connectivity index (χ1v) is 7.67. The van der Waals surface area contributed by atoms with E-state index in [0.717, 1.165) is 31.2 Å². The lowest BCUT2D eigenvalue weighted by molar-refractivity contribution is 0.131. The molecule has 2 atom stereocenters. The number of thiophene rings is 1. The zero-order chi connectivity index (χ0) is 12.3. The average molecular weight is 273 g/mol. The van der Waals surface area contributed by atoms with Gasteiger partial charge in [0.15, 0.2) is 0 Å². The Morgan fingerprint density at radius 3 is 2.71 bits per heavy atom. The van der Waals surface area contributed by atoms with Crippen molar-refractivity contribution in [2.24, 2.45) is 5.92 Å². The van der Waals surface area contributed by atoms with Crippen LogP contribution in [0.2, 0.25) is 5.02 Å². The minimum Gasteiger partial charge on any atom is -0.314 e. The Bertz CT molecular complexity index is 347. The third kappa shape index (κ3) is 3.02. The highest BCUT2D eigenvalue weighted by molar-refractivity contribution is 7.10. The lowest BCUT2D eigenvalue weighted by Crippen LogP contribution is -2.46. The van der Waals surface area contributed by atoms with Crippen molar-refractivity contribution in [3.8, 4) is 0 Å². The van der Waals surface area contributed by atoms with Crippen molar-refractivity contribution in [3.63, 3.8) is 0 Å². The second-order valence-electron chi connectivity index (χ2n) is 4.75. The lowest BCUT2D eigenvalue weighted by Gasteiger charge is -2.37. The third-order valence-corrected chi connectivity index (χ3v) is 5.07. The molecule has 0 radical (unpaired) electrons. The Balaban J connectivity index is 2.21. The van der Waals surface area contributed by atoms with Crippen molar-refractivity contribution in [3.05, 3.63) is 21.3 Å². The van der Waals surface area contributed by atoms with Crippen LogP contribution in [0.15, 0.2) is 11.4 Å². The lowest BCUT2D eigenvalue weighted by atomic mass is 9.95. The van der Waals surface area contributed by atoms with E-state index in [1.54, 1.807) is 11.3 Å². The maximum Gasteiger partial charge on any atom is 0.0561 e. The van der Waals surface area contributed by atoms with Crippen LogP contribution < -0.4 is 5.32 Å². The topological polar surface area (TPSA) is 15.3 Å². The first-order chi connectivity index (χ1) is 8.24. The van der Waals surface area contributed by atoms with Gasteiger partial charge < -0.3 is 5.32 Å². The second kappa shape index (κ2) is 6.19. The highest BCUT2D eigenvalue weighted by Crippen LogP contribution is 2.38. The van der Waals surface area contributed by atoms with Gasteiger partial charge >= 0.3 is 0 Å². The van der Waals surface area contributed by atoms with E-state index in [9.17, 15) is 0 Å². The number of nitrogens with one attached hydrogen (secondary N) is 1. The van der Waals surface area contributed by atoms with Gasteiger partial charge in [0, 0.05) is 37.1 Å². The minimum atomic E-state index is 0.495. The highest BCUT2D eigenvalue weighted by Gasteiger charge is 2.28.